The zero-order chi connectivity index (χ0) is 10.7. The number of rotatable bonds is 3. The number of halogens is 2. The summed E-state index contributed by atoms with van der Waals surface area (Å²) in [6.45, 7) is 0.759. The molecule has 0 radical (unpaired) electrons. The summed E-state index contributed by atoms with van der Waals surface area (Å²) in [6, 6.07) is 10.2. The Morgan fingerprint density at radius 3 is 2.33 bits per heavy atom. The highest BCUT2D eigenvalue weighted by molar-refractivity contribution is 9.08. The van der Waals surface area contributed by atoms with E-state index in [0.717, 1.165) is 11.9 Å². The summed E-state index contributed by atoms with van der Waals surface area (Å²) in [6.07, 6.45) is 1.88. The van der Waals surface area contributed by atoms with E-state index in [1.165, 1.54) is 11.1 Å². The van der Waals surface area contributed by atoms with E-state index in [4.69, 9.17) is 11.6 Å². The van der Waals surface area contributed by atoms with Crippen LogP contribution in [0.3, 0.4) is 0 Å². The molecule has 2 nitrogen and oxygen atoms in total. The average Bonchev–Trinajstić information content (AvgIpc) is 2.65. The fourth-order valence-corrected chi connectivity index (χ4v) is 1.87. The molecule has 2 aromatic rings. The van der Waals surface area contributed by atoms with Gasteiger partial charge in [-0.2, -0.15) is 5.10 Å². The van der Waals surface area contributed by atoms with E-state index in [9.17, 15) is 0 Å². The Morgan fingerprint density at radius 1 is 1.13 bits per heavy atom. The van der Waals surface area contributed by atoms with Crippen LogP contribution in [0.1, 0.15) is 11.1 Å². The van der Waals surface area contributed by atoms with E-state index in [2.05, 4.69) is 45.3 Å². The second kappa shape index (κ2) is 4.81. The zero-order valence-electron chi connectivity index (χ0n) is 8.03. The quantitative estimate of drug-likeness (QED) is 0.790. The number of hydrogen-bond donors (Lipinski definition) is 0. The van der Waals surface area contributed by atoms with Crippen molar-refractivity contribution in [1.82, 2.24) is 9.78 Å². The molecule has 0 N–H and O–H groups in total. The third kappa shape index (κ3) is 2.83. The number of nitrogens with zero attached hydrogens (tertiary/aromatic N) is 2. The fourth-order valence-electron chi connectivity index (χ4n) is 1.35. The second-order valence-electron chi connectivity index (χ2n) is 3.29. The molecule has 0 bridgehead atoms. The van der Waals surface area contributed by atoms with Gasteiger partial charge in [0.1, 0.15) is 0 Å². The van der Waals surface area contributed by atoms with Crippen LogP contribution in [0.25, 0.3) is 0 Å². The molecule has 78 valence electrons. The first-order valence-electron chi connectivity index (χ1n) is 4.60. The molecular formula is C11H10BrClN2. The third-order valence-corrected chi connectivity index (χ3v) is 2.98. The molecule has 1 aromatic heterocycles. The van der Waals surface area contributed by atoms with Crippen LogP contribution in [-0.2, 0) is 11.9 Å². The Morgan fingerprint density at radius 2 is 1.80 bits per heavy atom. The standard InChI is InChI=1S/C11H10BrClN2/c12-7-9-1-3-10(4-2-9)8-15-6-5-11(13)14-15/h1-6H,7-8H2. The first kappa shape index (κ1) is 10.7. The minimum absolute atomic E-state index is 0.534. The molecule has 0 aliphatic rings. The lowest BCUT2D eigenvalue weighted by Crippen LogP contribution is -1.99. The van der Waals surface area contributed by atoms with Gasteiger partial charge >= 0.3 is 0 Å². The summed E-state index contributed by atoms with van der Waals surface area (Å²) in [7, 11) is 0. The maximum Gasteiger partial charge on any atom is 0.151 e. The fraction of sp³-hybridized carbons (Fsp3) is 0.182. The smallest absolute Gasteiger partial charge is 0.151 e. The van der Waals surface area contributed by atoms with Crippen molar-refractivity contribution in [3.63, 3.8) is 0 Å². The van der Waals surface area contributed by atoms with Crippen molar-refractivity contribution in [2.24, 2.45) is 0 Å². The molecule has 15 heavy (non-hydrogen) atoms. The van der Waals surface area contributed by atoms with Crippen molar-refractivity contribution in [1.29, 1.82) is 0 Å². The molecule has 0 amide bonds. The Labute approximate surface area is 102 Å². The van der Waals surface area contributed by atoms with Crippen LogP contribution >= 0.6 is 27.5 Å². The van der Waals surface area contributed by atoms with Gasteiger partial charge in [-0.25, -0.2) is 0 Å². The molecule has 1 heterocycles. The van der Waals surface area contributed by atoms with Gasteiger partial charge in [0.25, 0.3) is 0 Å². The lowest BCUT2D eigenvalue weighted by Gasteiger charge is -2.02. The van der Waals surface area contributed by atoms with E-state index in [1.807, 2.05) is 10.9 Å². The Balaban J connectivity index is 2.11. The van der Waals surface area contributed by atoms with Crippen molar-refractivity contribution >= 4 is 27.5 Å². The molecule has 0 saturated carbocycles. The van der Waals surface area contributed by atoms with Crippen molar-refractivity contribution in [2.75, 3.05) is 0 Å². The molecule has 2 rings (SSSR count). The Kier molecular flexibility index (Phi) is 3.44. The predicted octanol–water partition coefficient (Wildman–Crippen LogP) is 3.48. The van der Waals surface area contributed by atoms with Gasteiger partial charge in [0, 0.05) is 11.5 Å². The highest BCUT2D eigenvalue weighted by atomic mass is 79.9. The normalized spacial score (nSPS) is 10.5. The van der Waals surface area contributed by atoms with Crippen LogP contribution in [-0.4, -0.2) is 9.78 Å². The van der Waals surface area contributed by atoms with E-state index >= 15 is 0 Å². The van der Waals surface area contributed by atoms with Gasteiger partial charge < -0.3 is 0 Å². The van der Waals surface area contributed by atoms with Gasteiger partial charge in [0.05, 0.1) is 6.54 Å². The summed E-state index contributed by atoms with van der Waals surface area (Å²) in [5.74, 6) is 0. The minimum atomic E-state index is 0.534. The lowest BCUT2D eigenvalue weighted by atomic mass is 10.1. The second-order valence-corrected chi connectivity index (χ2v) is 4.23. The van der Waals surface area contributed by atoms with Crippen molar-refractivity contribution < 1.29 is 0 Å². The van der Waals surface area contributed by atoms with Gasteiger partial charge in [0.2, 0.25) is 0 Å². The molecule has 0 atom stereocenters. The van der Waals surface area contributed by atoms with Crippen LogP contribution in [0.2, 0.25) is 5.15 Å². The molecule has 0 saturated heterocycles. The van der Waals surface area contributed by atoms with Crippen LogP contribution < -0.4 is 0 Å². The first-order chi connectivity index (χ1) is 7.28. The maximum absolute atomic E-state index is 5.74. The molecule has 4 heteroatoms. The highest BCUT2D eigenvalue weighted by Gasteiger charge is 1.97. The van der Waals surface area contributed by atoms with Gasteiger partial charge in [-0.1, -0.05) is 51.8 Å². The zero-order valence-corrected chi connectivity index (χ0v) is 10.4. The van der Waals surface area contributed by atoms with Crippen LogP contribution in [0.15, 0.2) is 36.5 Å². The number of benzene rings is 1. The van der Waals surface area contributed by atoms with Gasteiger partial charge in [-0.05, 0) is 17.2 Å². The van der Waals surface area contributed by atoms with Gasteiger partial charge in [-0.15, -0.1) is 0 Å². The molecular weight excluding hydrogens is 275 g/mol. The number of aromatic nitrogens is 2. The Bertz CT molecular complexity index is 436. The Hall–Kier alpha value is -0.800. The maximum atomic E-state index is 5.74. The SMILES string of the molecule is Clc1ccn(Cc2ccc(CBr)cc2)n1. The first-order valence-corrected chi connectivity index (χ1v) is 6.10. The number of alkyl halides is 1. The van der Waals surface area contributed by atoms with E-state index in [-0.39, 0.29) is 0 Å². The summed E-state index contributed by atoms with van der Waals surface area (Å²) in [5.41, 5.74) is 2.50. The molecule has 0 aliphatic carbocycles. The minimum Gasteiger partial charge on any atom is -0.267 e. The van der Waals surface area contributed by atoms with Gasteiger partial charge in [-0.3, -0.25) is 4.68 Å². The summed E-state index contributed by atoms with van der Waals surface area (Å²) in [5, 5.41) is 5.55. The van der Waals surface area contributed by atoms with Crippen LogP contribution in [0.5, 0.6) is 0 Å². The average molecular weight is 286 g/mol. The molecule has 0 aliphatic heterocycles. The monoisotopic (exact) mass is 284 g/mol. The van der Waals surface area contributed by atoms with Crippen molar-refractivity contribution in [3.05, 3.63) is 52.8 Å². The van der Waals surface area contributed by atoms with E-state index in [0.29, 0.717) is 5.15 Å². The van der Waals surface area contributed by atoms with Crippen molar-refractivity contribution in [2.45, 2.75) is 11.9 Å². The highest BCUT2D eigenvalue weighted by Crippen LogP contribution is 2.10. The molecule has 0 unspecified atom stereocenters. The molecule has 0 fully saturated rings. The van der Waals surface area contributed by atoms with Crippen LogP contribution in [0.4, 0.5) is 0 Å². The summed E-state index contributed by atoms with van der Waals surface area (Å²) < 4.78 is 1.82. The third-order valence-electron chi connectivity index (χ3n) is 2.13. The molecule has 0 spiro atoms. The largest absolute Gasteiger partial charge is 0.267 e. The lowest BCUT2D eigenvalue weighted by molar-refractivity contribution is 0.687. The summed E-state index contributed by atoms with van der Waals surface area (Å²) >= 11 is 9.15. The molecule has 1 aromatic carbocycles. The van der Waals surface area contributed by atoms with E-state index in [1.54, 1.807) is 6.07 Å². The van der Waals surface area contributed by atoms with Crippen LogP contribution in [0, 0.1) is 0 Å². The van der Waals surface area contributed by atoms with Crippen molar-refractivity contribution in [3.8, 4) is 0 Å². The van der Waals surface area contributed by atoms with E-state index < -0.39 is 0 Å². The summed E-state index contributed by atoms with van der Waals surface area (Å²) in [4.78, 5) is 0. The van der Waals surface area contributed by atoms with Gasteiger partial charge in [0.15, 0.2) is 5.15 Å². The number of hydrogen-bond acceptors (Lipinski definition) is 1. The topological polar surface area (TPSA) is 17.8 Å². The predicted molar refractivity (Wildman–Crippen MR) is 65.4 cm³/mol.